The third-order valence-electron chi connectivity index (χ3n) is 0.821. The zero-order valence-corrected chi connectivity index (χ0v) is 6.17. The molecule has 0 fully saturated rings. The molecule has 0 aromatic heterocycles. The van der Waals surface area contributed by atoms with Crippen LogP contribution in [0.5, 0.6) is 0 Å². The van der Waals surface area contributed by atoms with Crippen molar-refractivity contribution < 1.29 is 14.4 Å². The first-order valence-electron chi connectivity index (χ1n) is 2.77. The average Bonchev–Trinajstić information content (AvgIpc) is 1.82. The highest BCUT2D eigenvalue weighted by atomic mass is 16.7. The molecular weight excluding hydrogens is 134 g/mol. The predicted molar refractivity (Wildman–Crippen MR) is 35.6 cm³/mol. The number of hydrogen-bond acceptors (Lipinski definition) is 4. The van der Waals surface area contributed by atoms with Crippen LogP contribution in [0.25, 0.3) is 0 Å². The monoisotopic (exact) mass is 143 g/mol. The zero-order chi connectivity index (χ0) is 8.15. The summed E-state index contributed by atoms with van der Waals surface area (Å²) in [6, 6.07) is 0. The highest BCUT2D eigenvalue weighted by Crippen LogP contribution is 1.82. The molecule has 0 atom stereocenters. The van der Waals surface area contributed by atoms with Crippen LogP contribution in [0.15, 0.2) is 5.16 Å². The van der Waals surface area contributed by atoms with Crippen molar-refractivity contribution in [1.82, 2.24) is 0 Å². The first-order chi connectivity index (χ1) is 4.54. The molecule has 0 aliphatic carbocycles. The van der Waals surface area contributed by atoms with Gasteiger partial charge in [-0.2, -0.15) is 0 Å². The fourth-order valence-corrected chi connectivity index (χ4v) is 0.197. The Morgan fingerprint density at radius 3 is 2.00 bits per heavy atom. The Balaban J connectivity index is 3.92. The Labute approximate surface area is 58.8 Å². The Morgan fingerprint density at radius 1 is 1.20 bits per heavy atom. The van der Waals surface area contributed by atoms with Gasteiger partial charge in [0.05, 0.1) is 0 Å². The van der Waals surface area contributed by atoms with Crippen LogP contribution < -0.4 is 0 Å². The van der Waals surface area contributed by atoms with Crippen molar-refractivity contribution in [2.75, 3.05) is 0 Å². The minimum Gasteiger partial charge on any atom is -0.318 e. The molecule has 0 radical (unpaired) electrons. The number of carbonyl (C=O) groups excluding carboxylic acids is 2. The molecular formula is C6H9NO3. The molecule has 0 aliphatic heterocycles. The normalized spacial score (nSPS) is 10.9. The molecule has 0 N–H and O–H groups in total. The molecule has 0 amide bonds. The van der Waals surface area contributed by atoms with Crippen molar-refractivity contribution in [1.29, 1.82) is 0 Å². The van der Waals surface area contributed by atoms with E-state index in [1.807, 2.05) is 0 Å². The molecule has 0 unspecified atom stereocenters. The maximum atomic E-state index is 10.4. The predicted octanol–water partition coefficient (Wildman–Crippen LogP) is 0.514. The van der Waals surface area contributed by atoms with E-state index in [1.54, 1.807) is 0 Å². The first kappa shape index (κ1) is 8.81. The summed E-state index contributed by atoms with van der Waals surface area (Å²) in [5.41, 5.74) is 0.190. The van der Waals surface area contributed by atoms with E-state index in [4.69, 9.17) is 0 Å². The number of ketones is 1. The topological polar surface area (TPSA) is 55.7 Å². The maximum Gasteiger partial charge on any atom is 0.331 e. The van der Waals surface area contributed by atoms with Gasteiger partial charge in [0.2, 0.25) is 0 Å². The molecule has 0 aromatic rings. The SMILES string of the molecule is CC(=O)O/N=C(/C)C(C)=O. The summed E-state index contributed by atoms with van der Waals surface area (Å²) in [6.45, 7) is 4.05. The Bertz CT molecular complexity index is 183. The third-order valence-corrected chi connectivity index (χ3v) is 0.821. The lowest BCUT2D eigenvalue weighted by atomic mass is 10.3. The second-order valence-electron chi connectivity index (χ2n) is 1.82. The second kappa shape index (κ2) is 3.76. The average molecular weight is 143 g/mol. The van der Waals surface area contributed by atoms with Gasteiger partial charge in [-0.3, -0.25) is 4.79 Å². The second-order valence-corrected chi connectivity index (χ2v) is 1.82. The molecule has 4 heteroatoms. The molecule has 0 aromatic carbocycles. The van der Waals surface area contributed by atoms with Gasteiger partial charge in [0.1, 0.15) is 5.71 Å². The van der Waals surface area contributed by atoms with Crippen molar-refractivity contribution in [2.24, 2.45) is 5.16 Å². The summed E-state index contributed by atoms with van der Waals surface area (Å²) in [6.07, 6.45) is 0. The van der Waals surface area contributed by atoms with Crippen LogP contribution in [0.3, 0.4) is 0 Å². The smallest absolute Gasteiger partial charge is 0.318 e. The van der Waals surface area contributed by atoms with Crippen LogP contribution in [-0.2, 0) is 14.4 Å². The van der Waals surface area contributed by atoms with Crippen LogP contribution in [-0.4, -0.2) is 17.5 Å². The fourth-order valence-electron chi connectivity index (χ4n) is 0.197. The molecule has 0 bridgehead atoms. The summed E-state index contributed by atoms with van der Waals surface area (Å²) in [7, 11) is 0. The third kappa shape index (κ3) is 3.77. The van der Waals surface area contributed by atoms with Crippen LogP contribution in [0, 0.1) is 0 Å². The van der Waals surface area contributed by atoms with E-state index in [-0.39, 0.29) is 11.5 Å². The zero-order valence-electron chi connectivity index (χ0n) is 6.17. The molecule has 0 rings (SSSR count). The van der Waals surface area contributed by atoms with E-state index in [2.05, 4.69) is 9.99 Å². The van der Waals surface area contributed by atoms with E-state index < -0.39 is 5.97 Å². The van der Waals surface area contributed by atoms with Gasteiger partial charge in [-0.15, -0.1) is 0 Å². The van der Waals surface area contributed by atoms with E-state index in [9.17, 15) is 9.59 Å². The quantitative estimate of drug-likeness (QED) is 0.321. The molecule has 10 heavy (non-hydrogen) atoms. The number of rotatable bonds is 2. The van der Waals surface area contributed by atoms with Crippen molar-refractivity contribution in [3.63, 3.8) is 0 Å². The number of Topliss-reactive ketones (excluding diaryl/α,β-unsaturated/α-hetero) is 1. The van der Waals surface area contributed by atoms with Crippen LogP contribution in [0.1, 0.15) is 20.8 Å². The Hall–Kier alpha value is -1.19. The van der Waals surface area contributed by atoms with E-state index in [0.717, 1.165) is 0 Å². The lowest BCUT2D eigenvalue weighted by Gasteiger charge is -1.91. The minimum atomic E-state index is -0.527. The molecule has 0 saturated carbocycles. The lowest BCUT2D eigenvalue weighted by Crippen LogP contribution is -2.06. The van der Waals surface area contributed by atoms with Gasteiger partial charge in [0.25, 0.3) is 0 Å². The number of carbonyl (C=O) groups is 2. The summed E-state index contributed by atoms with van der Waals surface area (Å²) in [4.78, 5) is 24.8. The van der Waals surface area contributed by atoms with E-state index in [0.29, 0.717) is 0 Å². The highest BCUT2D eigenvalue weighted by molar-refractivity contribution is 6.37. The van der Waals surface area contributed by atoms with Crippen molar-refractivity contribution >= 4 is 17.5 Å². The summed E-state index contributed by atoms with van der Waals surface area (Å²) >= 11 is 0. The number of nitrogens with zero attached hydrogens (tertiary/aromatic N) is 1. The molecule has 0 saturated heterocycles. The van der Waals surface area contributed by atoms with Gasteiger partial charge >= 0.3 is 5.97 Å². The largest absolute Gasteiger partial charge is 0.331 e. The van der Waals surface area contributed by atoms with Gasteiger partial charge in [-0.05, 0) is 6.92 Å². The summed E-state index contributed by atoms with van der Waals surface area (Å²) < 4.78 is 0. The van der Waals surface area contributed by atoms with Gasteiger partial charge in [0.15, 0.2) is 5.78 Å². The van der Waals surface area contributed by atoms with Gasteiger partial charge in [-0.25, -0.2) is 4.79 Å². The van der Waals surface area contributed by atoms with E-state index in [1.165, 1.54) is 20.8 Å². The van der Waals surface area contributed by atoms with Crippen LogP contribution >= 0.6 is 0 Å². The van der Waals surface area contributed by atoms with Gasteiger partial charge < -0.3 is 4.84 Å². The summed E-state index contributed by atoms with van der Waals surface area (Å²) in [5.74, 6) is -0.734. The molecule has 4 nitrogen and oxygen atoms in total. The fraction of sp³-hybridized carbons (Fsp3) is 0.500. The van der Waals surface area contributed by atoms with Crippen LogP contribution in [0.4, 0.5) is 0 Å². The lowest BCUT2D eigenvalue weighted by molar-refractivity contribution is -0.140. The molecule has 56 valence electrons. The number of hydrogen-bond donors (Lipinski definition) is 0. The van der Waals surface area contributed by atoms with Crippen molar-refractivity contribution in [3.8, 4) is 0 Å². The highest BCUT2D eigenvalue weighted by Gasteiger charge is 1.98. The van der Waals surface area contributed by atoms with Crippen LogP contribution in [0.2, 0.25) is 0 Å². The van der Waals surface area contributed by atoms with E-state index >= 15 is 0 Å². The van der Waals surface area contributed by atoms with Gasteiger partial charge in [-0.1, -0.05) is 5.16 Å². The molecule has 0 spiro atoms. The molecule has 0 aliphatic rings. The molecule has 0 heterocycles. The van der Waals surface area contributed by atoms with Gasteiger partial charge in [0, 0.05) is 13.8 Å². The number of oxime groups is 1. The first-order valence-corrected chi connectivity index (χ1v) is 2.77. The van der Waals surface area contributed by atoms with Crippen molar-refractivity contribution in [3.05, 3.63) is 0 Å². The Morgan fingerprint density at radius 2 is 1.70 bits per heavy atom. The minimum absolute atomic E-state index is 0.190. The standard InChI is InChI=1S/C6H9NO3/c1-4(5(2)8)7-10-6(3)9/h1-3H3/b7-4-. The Kier molecular flexibility index (Phi) is 3.32. The summed E-state index contributed by atoms with van der Waals surface area (Å²) in [5, 5.41) is 3.24. The van der Waals surface area contributed by atoms with Crippen molar-refractivity contribution in [2.45, 2.75) is 20.8 Å². The maximum absolute atomic E-state index is 10.4.